The maximum atomic E-state index is 13.9. The molecular weight excluding hydrogens is 1130 g/mol. The summed E-state index contributed by atoms with van der Waals surface area (Å²) >= 11 is 0. The summed E-state index contributed by atoms with van der Waals surface area (Å²) in [6, 6.07) is 14.3. The number of hydrazone groups is 3. The summed E-state index contributed by atoms with van der Waals surface area (Å²) in [5, 5.41) is 56.7. The van der Waals surface area contributed by atoms with Gasteiger partial charge in [0.2, 0.25) is 17.7 Å². The van der Waals surface area contributed by atoms with Crippen molar-refractivity contribution in [2.24, 2.45) is 21.2 Å². The van der Waals surface area contributed by atoms with E-state index in [0.717, 1.165) is 48.1 Å². The van der Waals surface area contributed by atoms with E-state index in [2.05, 4.69) is 47.2 Å². The Morgan fingerprint density at radius 2 is 1.40 bits per heavy atom. The summed E-state index contributed by atoms with van der Waals surface area (Å²) in [7, 11) is 0. The highest BCUT2D eigenvalue weighted by Crippen LogP contribution is 2.32. The fourth-order valence-electron chi connectivity index (χ4n) is 10.2. The highest BCUT2D eigenvalue weighted by atomic mass is 19.3. The molecule has 6 rings (SSSR count). The molecule has 3 aromatic rings. The zero-order valence-corrected chi connectivity index (χ0v) is 49.0. The first-order chi connectivity index (χ1) is 41.8. The maximum absolute atomic E-state index is 13.9. The van der Waals surface area contributed by atoms with Gasteiger partial charge in [0.25, 0.3) is 11.8 Å². The summed E-state index contributed by atoms with van der Waals surface area (Å²) in [4.78, 5) is 102. The first-order valence-electron chi connectivity index (χ1n) is 29.1. The quantitative estimate of drug-likeness (QED) is 0.0202. The van der Waals surface area contributed by atoms with Gasteiger partial charge >= 0.3 is 17.9 Å². The van der Waals surface area contributed by atoms with Crippen LogP contribution in [0.25, 0.3) is 10.9 Å². The number of rotatable bonds is 30. The van der Waals surface area contributed by atoms with Crippen LogP contribution in [0.5, 0.6) is 5.75 Å². The second-order valence-corrected chi connectivity index (χ2v) is 21.7. The zero-order valence-electron chi connectivity index (χ0n) is 49.0. The van der Waals surface area contributed by atoms with Gasteiger partial charge in [0.1, 0.15) is 18.5 Å². The van der Waals surface area contributed by atoms with Crippen molar-refractivity contribution < 1.29 is 62.4 Å². The number of hydrogen-bond acceptors (Lipinski definition) is 20. The van der Waals surface area contributed by atoms with Crippen LogP contribution in [0.1, 0.15) is 72.9 Å². The highest BCUT2D eigenvalue weighted by molar-refractivity contribution is 6.07. The molecule has 3 saturated heterocycles. The number of nitrogens with one attached hydrogen (secondary N) is 5. The Bertz CT molecular complexity index is 2870. The normalized spacial score (nSPS) is 18.2. The van der Waals surface area contributed by atoms with E-state index in [1.54, 1.807) is 51.4 Å². The number of nitrogens with zero attached hydrogens (tertiary/aromatic N) is 11. The highest BCUT2D eigenvalue weighted by Gasteiger charge is 2.47. The van der Waals surface area contributed by atoms with Crippen LogP contribution < -0.4 is 31.6 Å². The molecule has 3 aliphatic rings. The number of nitriles is 1. The van der Waals surface area contributed by atoms with Gasteiger partial charge in [-0.1, -0.05) is 36.2 Å². The first kappa shape index (κ1) is 67.7. The van der Waals surface area contributed by atoms with Gasteiger partial charge in [-0.2, -0.15) is 20.6 Å². The molecule has 0 spiro atoms. The van der Waals surface area contributed by atoms with E-state index in [1.807, 2.05) is 41.0 Å². The minimum atomic E-state index is -3.17. The predicted molar refractivity (Wildman–Crippen MR) is 318 cm³/mol. The van der Waals surface area contributed by atoms with Crippen LogP contribution in [-0.4, -0.2) is 252 Å². The number of carbonyl (C=O) groups is 7. The van der Waals surface area contributed by atoms with Crippen molar-refractivity contribution in [1.29, 1.82) is 5.26 Å². The van der Waals surface area contributed by atoms with E-state index in [9.17, 15) is 62.9 Å². The number of ether oxygens (including phenoxy) is 1. The molecule has 0 radical (unpaired) electrons. The average Bonchev–Trinajstić information content (AvgIpc) is 2.85. The molecule has 2 atom stereocenters. The van der Waals surface area contributed by atoms with Gasteiger partial charge in [0.05, 0.1) is 75.3 Å². The van der Waals surface area contributed by atoms with Crippen molar-refractivity contribution in [3.63, 3.8) is 0 Å². The number of likely N-dealkylation sites (tertiary alicyclic amines) is 2. The molecule has 1 aromatic heterocycles. The lowest BCUT2D eigenvalue weighted by molar-refractivity contribution is -0.140. The van der Waals surface area contributed by atoms with Gasteiger partial charge in [0.15, 0.2) is 0 Å². The van der Waals surface area contributed by atoms with Crippen molar-refractivity contribution in [1.82, 2.24) is 61.3 Å². The van der Waals surface area contributed by atoms with E-state index in [4.69, 9.17) is 4.74 Å². The Balaban J connectivity index is 0.940. The molecule has 4 amide bonds. The van der Waals surface area contributed by atoms with Crippen LogP contribution in [-0.2, 0) is 28.8 Å². The molecule has 3 aliphatic heterocycles. The minimum Gasteiger partial charge on any atom is -0.494 e. The smallest absolute Gasteiger partial charge is 0.317 e. The fraction of sp³-hybridized carbons (Fsp3) is 0.552. The summed E-state index contributed by atoms with van der Waals surface area (Å²) in [5.74, 6) is -7.17. The predicted octanol–water partition coefficient (Wildman–Crippen LogP) is 1.29. The number of aryl methyl sites for hydroxylation is 1. The number of pyridine rings is 1. The summed E-state index contributed by atoms with van der Waals surface area (Å²) in [6.07, 6.45) is 10.2. The monoisotopic (exact) mass is 1210 g/mol. The number of carboxylic acids is 3. The molecule has 29 heteroatoms. The number of alkyl halides is 2. The maximum Gasteiger partial charge on any atom is 0.317 e. The van der Waals surface area contributed by atoms with Crippen LogP contribution in [0.2, 0.25) is 0 Å². The van der Waals surface area contributed by atoms with Crippen LogP contribution in [0.15, 0.2) is 70.0 Å². The average molecular weight is 1220 g/mol. The Morgan fingerprint density at radius 1 is 0.782 bits per heavy atom. The van der Waals surface area contributed by atoms with Crippen molar-refractivity contribution in [3.8, 4) is 11.8 Å². The third-order valence-corrected chi connectivity index (χ3v) is 14.9. The second-order valence-electron chi connectivity index (χ2n) is 21.7. The Hall–Kier alpha value is -8.46. The first-order valence-corrected chi connectivity index (χ1v) is 29.1. The third-order valence-electron chi connectivity index (χ3n) is 14.9. The molecule has 3 fully saturated rings. The Morgan fingerprint density at radius 3 is 2.02 bits per heavy atom. The molecule has 87 heavy (non-hydrogen) atoms. The van der Waals surface area contributed by atoms with Crippen LogP contribution in [0.4, 0.5) is 8.78 Å². The lowest BCUT2D eigenvalue weighted by atomic mass is 9.91. The van der Waals surface area contributed by atoms with Crippen LogP contribution >= 0.6 is 0 Å². The topological polar surface area (TPSA) is 343 Å². The zero-order chi connectivity index (χ0) is 62.6. The molecule has 0 bridgehead atoms. The van der Waals surface area contributed by atoms with Gasteiger partial charge < -0.3 is 45.9 Å². The van der Waals surface area contributed by atoms with Crippen molar-refractivity contribution in [3.05, 3.63) is 71.4 Å². The van der Waals surface area contributed by atoms with Crippen LogP contribution in [0.3, 0.4) is 0 Å². The number of carboxylic acid groups (broad SMARTS) is 3. The molecule has 0 aliphatic carbocycles. The van der Waals surface area contributed by atoms with Crippen molar-refractivity contribution in [2.75, 3.05) is 125 Å². The van der Waals surface area contributed by atoms with Gasteiger partial charge in [-0.3, -0.25) is 69.0 Å². The Kier molecular flexibility index (Phi) is 27.4. The van der Waals surface area contributed by atoms with E-state index in [0.29, 0.717) is 42.3 Å². The SMILES string of the molecule is Cc1ccc(/C=N/NCN/N=C/C[C@@H](/C=N\NCCC(=O)N2CCC(CCCCOc3ccc4nccc(C(=O)NCC(=O)N5CC(F)(F)C[C@@H]5C#N)c4c3)CC2)NC(=O)CN2CCN(CC(=O)O)CCN(CC(=O)O)CCN(CC(=O)O)CC2)cc1. The largest absolute Gasteiger partial charge is 0.494 e. The molecule has 472 valence electrons. The van der Waals surface area contributed by atoms with Gasteiger partial charge in [0, 0.05) is 115 Å². The van der Waals surface area contributed by atoms with Crippen molar-refractivity contribution >= 4 is 71.1 Å². The molecule has 4 heterocycles. The Labute approximate surface area is 503 Å². The number of amides is 4. The standard InChI is InChI=1S/C58H80F2N16O11/c1-42-5-7-44(8-6-42)33-66-69-41-68-65-17-11-45(70-51(77)36-71-21-23-72(37-54(80)81)25-27-74(39-56(84)85)28-26-73(24-22-71)38-55(82)83)34-67-64-18-13-52(78)75-19-14-43(15-20-75)4-2-3-29-87-47-9-10-50-49(30-47)48(12-16-62-50)57(86)63-35-53(79)76-40-58(59,60)31-46(76)32-61/h5-10,12,16-17,30,33-34,43,45-46,64,68-69H,2-4,11,13-15,18-29,31,35-41H2,1H3,(H,63,86)(H,70,77)(H,80,81)(H,82,83)(H,84,85)/b65-17+,66-33+,67-34-/t45-,46+/m0/s1. The summed E-state index contributed by atoms with van der Waals surface area (Å²) in [5.41, 5.74) is 11.4. The molecule has 0 saturated carbocycles. The summed E-state index contributed by atoms with van der Waals surface area (Å²) < 4.78 is 33.8. The van der Waals surface area contributed by atoms with Gasteiger partial charge in [-0.15, -0.1) is 0 Å². The molecule has 0 unspecified atom stereocenters. The van der Waals surface area contributed by atoms with E-state index < -0.39 is 67.2 Å². The van der Waals surface area contributed by atoms with Crippen LogP contribution in [0, 0.1) is 24.2 Å². The lowest BCUT2D eigenvalue weighted by Crippen LogP contribution is -2.50. The van der Waals surface area contributed by atoms with Gasteiger partial charge in [-0.25, -0.2) is 8.78 Å². The molecule has 8 N–H and O–H groups in total. The number of piperidine rings is 1. The van der Waals surface area contributed by atoms with Crippen molar-refractivity contribution in [2.45, 2.75) is 76.3 Å². The summed E-state index contributed by atoms with van der Waals surface area (Å²) in [6.45, 7) is 3.64. The number of hydrogen-bond donors (Lipinski definition) is 8. The molecular formula is C58H80F2N16O11. The molecule has 2 aromatic carbocycles. The fourth-order valence-corrected chi connectivity index (χ4v) is 10.2. The number of aromatic nitrogens is 1. The number of unbranched alkanes of at least 4 members (excludes halogenated alkanes) is 1. The lowest BCUT2D eigenvalue weighted by Gasteiger charge is -2.33. The van der Waals surface area contributed by atoms with E-state index in [1.165, 1.54) is 18.5 Å². The number of benzene rings is 2. The number of carbonyl (C=O) groups excluding carboxylic acids is 4. The van der Waals surface area contributed by atoms with E-state index >= 15 is 0 Å². The number of aliphatic carboxylic acids is 3. The minimum absolute atomic E-state index is 0.0141. The third kappa shape index (κ3) is 24.4. The number of fused-ring (bicyclic) bond motifs is 1. The second kappa shape index (κ2) is 35.2. The van der Waals surface area contributed by atoms with Gasteiger partial charge in [-0.05, 0) is 68.4 Å². The molecule has 27 nitrogen and oxygen atoms in total. The number of halogens is 2. The van der Waals surface area contributed by atoms with E-state index in [-0.39, 0.29) is 122 Å².